The molecule has 1 aromatic heterocycles. The molecule has 1 amide bonds. The van der Waals surface area contributed by atoms with Crippen molar-refractivity contribution in [2.45, 2.75) is 6.92 Å². The molecule has 1 heterocycles. The zero-order valence-electron chi connectivity index (χ0n) is 10.8. The number of carboxylic acids is 1. The Morgan fingerprint density at radius 2 is 2.11 bits per heavy atom. The molecule has 0 fully saturated rings. The lowest BCUT2D eigenvalue weighted by molar-refractivity contribution is -0.141. The van der Waals surface area contributed by atoms with Crippen LogP contribution in [0.25, 0.3) is 10.9 Å². The molecule has 100 valence electrons. The summed E-state index contributed by atoms with van der Waals surface area (Å²) >= 11 is 0. The average molecular weight is 261 g/mol. The Hall–Kier alpha value is -2.37. The highest BCUT2D eigenvalue weighted by atomic mass is 16.4. The second-order valence-corrected chi connectivity index (χ2v) is 4.54. The van der Waals surface area contributed by atoms with Crippen LogP contribution in [0.5, 0.6) is 0 Å². The summed E-state index contributed by atoms with van der Waals surface area (Å²) in [7, 11) is 1.57. The van der Waals surface area contributed by atoms with E-state index in [1.807, 2.05) is 18.2 Å². The summed E-state index contributed by atoms with van der Waals surface area (Å²) in [6.07, 6.45) is 0. The van der Waals surface area contributed by atoms with Gasteiger partial charge >= 0.3 is 5.97 Å². The third-order valence-electron chi connectivity index (χ3n) is 2.99. The molecule has 0 aliphatic rings. The first-order valence-corrected chi connectivity index (χ1v) is 5.92. The number of hydrogen-bond donors (Lipinski definition) is 2. The topological polar surface area (TPSA) is 86.3 Å². The number of aromatic amines is 1. The van der Waals surface area contributed by atoms with Gasteiger partial charge in [0, 0.05) is 19.0 Å². The van der Waals surface area contributed by atoms with Crippen LogP contribution in [0.4, 0.5) is 0 Å². The van der Waals surface area contributed by atoms with Crippen LogP contribution in [0, 0.1) is 5.92 Å². The molecule has 19 heavy (non-hydrogen) atoms. The highest BCUT2D eigenvalue weighted by Crippen LogP contribution is 2.16. The predicted molar refractivity (Wildman–Crippen MR) is 69.9 cm³/mol. The number of aliphatic carboxylic acids is 1. The second-order valence-electron chi connectivity index (χ2n) is 4.54. The number of benzene rings is 1. The summed E-state index contributed by atoms with van der Waals surface area (Å²) < 4.78 is 0. The van der Waals surface area contributed by atoms with Crippen molar-refractivity contribution in [3.63, 3.8) is 0 Å². The summed E-state index contributed by atoms with van der Waals surface area (Å²) in [5.41, 5.74) is 1.10. The Morgan fingerprint density at radius 3 is 2.79 bits per heavy atom. The molecule has 2 aromatic rings. The van der Waals surface area contributed by atoms with Gasteiger partial charge in [-0.15, -0.1) is 0 Å². The molecule has 0 aliphatic carbocycles. The maximum atomic E-state index is 12.2. The SMILES string of the molecule is CC(CN(C)C(=O)c1n[nH]c2ccccc12)C(=O)O. The Labute approximate surface area is 110 Å². The van der Waals surface area contributed by atoms with E-state index in [-0.39, 0.29) is 12.5 Å². The van der Waals surface area contributed by atoms with Crippen molar-refractivity contribution in [1.82, 2.24) is 15.1 Å². The number of hydrogen-bond acceptors (Lipinski definition) is 3. The van der Waals surface area contributed by atoms with Crippen molar-refractivity contribution >= 4 is 22.8 Å². The number of carbonyl (C=O) groups is 2. The smallest absolute Gasteiger partial charge is 0.308 e. The van der Waals surface area contributed by atoms with E-state index in [1.54, 1.807) is 20.0 Å². The van der Waals surface area contributed by atoms with Crippen LogP contribution >= 0.6 is 0 Å². The number of carboxylic acid groups (broad SMARTS) is 1. The van der Waals surface area contributed by atoms with Crippen molar-refractivity contribution in [3.8, 4) is 0 Å². The lowest BCUT2D eigenvalue weighted by atomic mass is 10.1. The summed E-state index contributed by atoms with van der Waals surface area (Å²) in [6.45, 7) is 1.71. The van der Waals surface area contributed by atoms with E-state index in [9.17, 15) is 9.59 Å². The van der Waals surface area contributed by atoms with Gasteiger partial charge in [0.15, 0.2) is 5.69 Å². The van der Waals surface area contributed by atoms with Crippen molar-refractivity contribution in [1.29, 1.82) is 0 Å². The molecule has 1 aromatic carbocycles. The van der Waals surface area contributed by atoms with Gasteiger partial charge in [-0.1, -0.05) is 25.1 Å². The Balaban J connectivity index is 2.22. The van der Waals surface area contributed by atoms with E-state index < -0.39 is 11.9 Å². The molecular weight excluding hydrogens is 246 g/mol. The molecule has 2 N–H and O–H groups in total. The van der Waals surface area contributed by atoms with Gasteiger partial charge in [0.25, 0.3) is 5.91 Å². The molecule has 0 spiro atoms. The fourth-order valence-electron chi connectivity index (χ4n) is 1.88. The van der Waals surface area contributed by atoms with Gasteiger partial charge in [0.2, 0.25) is 0 Å². The standard InChI is InChI=1S/C13H15N3O3/c1-8(13(18)19)7-16(2)12(17)11-9-5-3-4-6-10(9)14-15-11/h3-6,8H,7H2,1-2H3,(H,14,15)(H,18,19). The van der Waals surface area contributed by atoms with Crippen LogP contribution in [-0.2, 0) is 4.79 Å². The van der Waals surface area contributed by atoms with Crippen LogP contribution in [0.1, 0.15) is 17.4 Å². The number of H-pyrrole nitrogens is 1. The summed E-state index contributed by atoms with van der Waals surface area (Å²) in [6, 6.07) is 7.32. The Morgan fingerprint density at radius 1 is 1.42 bits per heavy atom. The zero-order valence-corrected chi connectivity index (χ0v) is 10.8. The van der Waals surface area contributed by atoms with Crippen LogP contribution < -0.4 is 0 Å². The minimum atomic E-state index is -0.925. The van der Waals surface area contributed by atoms with Gasteiger partial charge in [-0.3, -0.25) is 14.7 Å². The summed E-state index contributed by atoms with van der Waals surface area (Å²) in [5, 5.41) is 16.4. The fourth-order valence-corrected chi connectivity index (χ4v) is 1.88. The molecule has 0 bridgehead atoms. The Kier molecular flexibility index (Phi) is 3.50. The molecule has 6 heteroatoms. The quantitative estimate of drug-likeness (QED) is 0.870. The average Bonchev–Trinajstić information content (AvgIpc) is 2.81. The minimum absolute atomic E-state index is 0.148. The van der Waals surface area contributed by atoms with E-state index in [0.29, 0.717) is 5.69 Å². The lowest BCUT2D eigenvalue weighted by Crippen LogP contribution is -2.34. The van der Waals surface area contributed by atoms with E-state index in [1.165, 1.54) is 4.90 Å². The van der Waals surface area contributed by atoms with Gasteiger partial charge in [0.05, 0.1) is 11.4 Å². The number of carbonyl (C=O) groups excluding carboxylic acids is 1. The number of rotatable bonds is 4. The third kappa shape index (κ3) is 2.57. The first kappa shape index (κ1) is 13.1. The molecule has 0 aliphatic heterocycles. The van der Waals surface area contributed by atoms with Crippen molar-refractivity contribution in [3.05, 3.63) is 30.0 Å². The Bertz CT molecular complexity index is 620. The van der Waals surface area contributed by atoms with Gasteiger partial charge in [0.1, 0.15) is 0 Å². The molecule has 6 nitrogen and oxygen atoms in total. The number of nitrogens with one attached hydrogen (secondary N) is 1. The maximum Gasteiger partial charge on any atom is 0.308 e. The molecule has 2 rings (SSSR count). The number of amides is 1. The molecule has 1 unspecified atom stereocenters. The lowest BCUT2D eigenvalue weighted by Gasteiger charge is -2.18. The molecule has 0 saturated heterocycles. The summed E-state index contributed by atoms with van der Waals surface area (Å²) in [5.74, 6) is -1.82. The highest BCUT2D eigenvalue weighted by Gasteiger charge is 2.21. The normalized spacial score (nSPS) is 12.3. The maximum absolute atomic E-state index is 12.2. The first-order chi connectivity index (χ1) is 9.00. The van der Waals surface area contributed by atoms with E-state index in [2.05, 4.69) is 10.2 Å². The third-order valence-corrected chi connectivity index (χ3v) is 2.99. The number of para-hydroxylation sites is 1. The van der Waals surface area contributed by atoms with Gasteiger partial charge in [-0.2, -0.15) is 5.10 Å². The number of fused-ring (bicyclic) bond motifs is 1. The zero-order chi connectivity index (χ0) is 14.0. The number of aromatic nitrogens is 2. The van der Waals surface area contributed by atoms with E-state index >= 15 is 0 Å². The minimum Gasteiger partial charge on any atom is -0.481 e. The van der Waals surface area contributed by atoms with Crippen molar-refractivity contribution < 1.29 is 14.7 Å². The second kappa shape index (κ2) is 5.09. The van der Waals surface area contributed by atoms with Gasteiger partial charge in [-0.25, -0.2) is 0 Å². The first-order valence-electron chi connectivity index (χ1n) is 5.92. The van der Waals surface area contributed by atoms with Crippen LogP contribution in [0.2, 0.25) is 0 Å². The molecular formula is C13H15N3O3. The van der Waals surface area contributed by atoms with Crippen LogP contribution in [0.15, 0.2) is 24.3 Å². The van der Waals surface area contributed by atoms with E-state index in [0.717, 1.165) is 10.9 Å². The van der Waals surface area contributed by atoms with Crippen molar-refractivity contribution in [2.24, 2.45) is 5.92 Å². The fraction of sp³-hybridized carbons (Fsp3) is 0.308. The largest absolute Gasteiger partial charge is 0.481 e. The predicted octanol–water partition coefficient (Wildman–Crippen LogP) is 1.36. The van der Waals surface area contributed by atoms with Gasteiger partial charge in [-0.05, 0) is 6.07 Å². The molecule has 1 atom stereocenters. The molecule has 0 radical (unpaired) electrons. The monoisotopic (exact) mass is 261 g/mol. The van der Waals surface area contributed by atoms with E-state index in [4.69, 9.17) is 5.11 Å². The molecule has 0 saturated carbocycles. The van der Waals surface area contributed by atoms with Crippen LogP contribution in [0.3, 0.4) is 0 Å². The number of nitrogens with zero attached hydrogens (tertiary/aromatic N) is 2. The van der Waals surface area contributed by atoms with Crippen LogP contribution in [-0.4, -0.2) is 45.7 Å². The highest BCUT2D eigenvalue weighted by molar-refractivity contribution is 6.04. The van der Waals surface area contributed by atoms with Gasteiger partial charge < -0.3 is 10.0 Å². The van der Waals surface area contributed by atoms with Crippen molar-refractivity contribution in [2.75, 3.05) is 13.6 Å². The summed E-state index contributed by atoms with van der Waals surface area (Å²) in [4.78, 5) is 24.4.